The summed E-state index contributed by atoms with van der Waals surface area (Å²) in [6.07, 6.45) is 2.09. The zero-order chi connectivity index (χ0) is 18.7. The van der Waals surface area contributed by atoms with Gasteiger partial charge in [-0.05, 0) is 12.5 Å². The van der Waals surface area contributed by atoms with Gasteiger partial charge >= 0.3 is 7.60 Å². The number of hydrogen-bond donors (Lipinski definition) is 2. The highest BCUT2D eigenvalue weighted by atomic mass is 31.2. The Morgan fingerprint density at radius 1 is 1.08 bits per heavy atom. The van der Waals surface area contributed by atoms with E-state index in [2.05, 4.69) is 14.9 Å². The first kappa shape index (κ1) is 18.8. The Bertz CT molecular complexity index is 828. The SMILES string of the molecule is COc1cc2ncnc(N3CCCN(CP(=O)(O)O)CC3)c2cc1OC. The van der Waals surface area contributed by atoms with E-state index in [4.69, 9.17) is 9.47 Å². The van der Waals surface area contributed by atoms with Gasteiger partial charge in [-0.2, -0.15) is 0 Å². The zero-order valence-electron chi connectivity index (χ0n) is 14.8. The van der Waals surface area contributed by atoms with E-state index in [1.807, 2.05) is 12.1 Å². The van der Waals surface area contributed by atoms with Crippen LogP contribution in [0, 0.1) is 0 Å². The zero-order valence-corrected chi connectivity index (χ0v) is 15.7. The van der Waals surface area contributed by atoms with Crippen LogP contribution in [-0.4, -0.2) is 71.3 Å². The first-order valence-corrected chi connectivity index (χ1v) is 10.1. The molecular formula is C16H23N4O5P. The van der Waals surface area contributed by atoms with E-state index in [0.29, 0.717) is 31.1 Å². The van der Waals surface area contributed by atoms with Crippen LogP contribution in [0.1, 0.15) is 6.42 Å². The number of anilines is 1. The summed E-state index contributed by atoms with van der Waals surface area (Å²) in [5, 5.41) is 0.855. The third kappa shape index (κ3) is 4.24. The normalized spacial score (nSPS) is 16.5. The molecule has 1 aromatic heterocycles. The van der Waals surface area contributed by atoms with Gasteiger partial charge in [0.1, 0.15) is 18.4 Å². The minimum atomic E-state index is -4.05. The largest absolute Gasteiger partial charge is 0.493 e. The van der Waals surface area contributed by atoms with E-state index in [1.54, 1.807) is 19.1 Å². The molecule has 10 heteroatoms. The molecule has 2 aromatic rings. The van der Waals surface area contributed by atoms with Crippen molar-refractivity contribution in [2.45, 2.75) is 6.42 Å². The van der Waals surface area contributed by atoms with Crippen molar-refractivity contribution in [2.75, 3.05) is 51.6 Å². The van der Waals surface area contributed by atoms with E-state index in [1.165, 1.54) is 6.33 Å². The lowest BCUT2D eigenvalue weighted by molar-refractivity contribution is 0.289. The van der Waals surface area contributed by atoms with Crippen LogP contribution < -0.4 is 14.4 Å². The Labute approximate surface area is 151 Å². The molecular weight excluding hydrogens is 359 g/mol. The van der Waals surface area contributed by atoms with Gasteiger partial charge in [0.2, 0.25) is 0 Å². The number of fused-ring (bicyclic) bond motifs is 1. The summed E-state index contributed by atoms with van der Waals surface area (Å²) < 4.78 is 22.0. The van der Waals surface area contributed by atoms with Crippen LogP contribution in [0.15, 0.2) is 18.5 Å². The standard InChI is InChI=1S/C16H23N4O5P/c1-24-14-8-12-13(9-15(14)25-2)17-10-18-16(12)20-5-3-4-19(6-7-20)11-26(21,22)23/h8-10H,3-7,11H2,1-2H3,(H2,21,22,23). The number of benzene rings is 1. The molecule has 0 unspecified atom stereocenters. The van der Waals surface area contributed by atoms with E-state index in [9.17, 15) is 14.4 Å². The number of aromatic nitrogens is 2. The topological polar surface area (TPSA) is 108 Å². The molecule has 9 nitrogen and oxygen atoms in total. The molecule has 0 atom stereocenters. The van der Waals surface area contributed by atoms with Crippen LogP contribution in [0.2, 0.25) is 0 Å². The van der Waals surface area contributed by atoms with Gasteiger partial charge in [-0.3, -0.25) is 9.46 Å². The second kappa shape index (κ2) is 7.75. The molecule has 0 amide bonds. The predicted molar refractivity (Wildman–Crippen MR) is 98.0 cm³/mol. The van der Waals surface area contributed by atoms with Gasteiger partial charge in [-0.15, -0.1) is 0 Å². The number of methoxy groups -OCH3 is 2. The molecule has 2 heterocycles. The molecule has 1 fully saturated rings. The monoisotopic (exact) mass is 382 g/mol. The number of rotatable bonds is 5. The van der Waals surface area contributed by atoms with E-state index < -0.39 is 7.60 Å². The molecule has 142 valence electrons. The van der Waals surface area contributed by atoms with Gasteiger partial charge in [0.05, 0.1) is 19.7 Å². The van der Waals surface area contributed by atoms with Gasteiger partial charge < -0.3 is 24.2 Å². The average Bonchev–Trinajstić information content (AvgIpc) is 2.83. The van der Waals surface area contributed by atoms with Crippen molar-refractivity contribution in [1.82, 2.24) is 14.9 Å². The van der Waals surface area contributed by atoms with Crippen LogP contribution in [0.25, 0.3) is 10.9 Å². The molecule has 1 aromatic carbocycles. The first-order valence-electron chi connectivity index (χ1n) is 8.30. The Hall–Kier alpha value is -1.93. The third-order valence-electron chi connectivity index (χ3n) is 4.39. The van der Waals surface area contributed by atoms with Crippen molar-refractivity contribution in [2.24, 2.45) is 0 Å². The van der Waals surface area contributed by atoms with Crippen molar-refractivity contribution in [3.05, 3.63) is 18.5 Å². The second-order valence-corrected chi connectivity index (χ2v) is 7.80. The Morgan fingerprint density at radius 2 is 1.81 bits per heavy atom. The van der Waals surface area contributed by atoms with Crippen LogP contribution in [0.4, 0.5) is 5.82 Å². The minimum Gasteiger partial charge on any atom is -0.493 e. The number of nitrogens with zero attached hydrogens (tertiary/aromatic N) is 4. The third-order valence-corrected chi connectivity index (χ3v) is 5.16. The maximum absolute atomic E-state index is 11.3. The molecule has 2 N–H and O–H groups in total. The van der Waals surface area contributed by atoms with E-state index >= 15 is 0 Å². The fraction of sp³-hybridized carbons (Fsp3) is 0.500. The molecule has 0 radical (unpaired) electrons. The summed E-state index contributed by atoms with van der Waals surface area (Å²) in [4.78, 5) is 31.1. The van der Waals surface area contributed by atoms with Gasteiger partial charge in [0.15, 0.2) is 11.5 Å². The molecule has 0 saturated carbocycles. The van der Waals surface area contributed by atoms with Crippen LogP contribution in [0.3, 0.4) is 0 Å². The Kier molecular flexibility index (Phi) is 5.62. The van der Waals surface area contributed by atoms with Crippen LogP contribution >= 0.6 is 7.60 Å². The average molecular weight is 382 g/mol. The van der Waals surface area contributed by atoms with Crippen molar-refractivity contribution in [1.29, 1.82) is 0 Å². The van der Waals surface area contributed by atoms with Crippen molar-refractivity contribution in [3.8, 4) is 11.5 Å². The lowest BCUT2D eigenvalue weighted by atomic mass is 10.2. The molecule has 3 rings (SSSR count). The van der Waals surface area contributed by atoms with Gasteiger partial charge in [0.25, 0.3) is 0 Å². The van der Waals surface area contributed by atoms with Gasteiger partial charge in [0, 0.05) is 37.6 Å². The summed E-state index contributed by atoms with van der Waals surface area (Å²) in [5.41, 5.74) is 0.754. The fourth-order valence-corrected chi connectivity index (χ4v) is 4.01. The maximum atomic E-state index is 11.3. The second-order valence-electron chi connectivity index (χ2n) is 6.19. The maximum Gasteiger partial charge on any atom is 0.339 e. The smallest absolute Gasteiger partial charge is 0.339 e. The van der Waals surface area contributed by atoms with Gasteiger partial charge in [-0.25, -0.2) is 9.97 Å². The predicted octanol–water partition coefficient (Wildman–Crippen LogP) is 1.29. The molecule has 1 aliphatic rings. The van der Waals surface area contributed by atoms with Crippen molar-refractivity contribution < 1.29 is 23.8 Å². The van der Waals surface area contributed by atoms with E-state index in [-0.39, 0.29) is 6.29 Å². The highest BCUT2D eigenvalue weighted by molar-refractivity contribution is 7.51. The van der Waals surface area contributed by atoms with Gasteiger partial charge in [-0.1, -0.05) is 0 Å². The molecule has 0 spiro atoms. The van der Waals surface area contributed by atoms with Crippen LogP contribution in [-0.2, 0) is 4.57 Å². The quantitative estimate of drug-likeness (QED) is 0.740. The first-order chi connectivity index (χ1) is 12.4. The Morgan fingerprint density at radius 3 is 2.50 bits per heavy atom. The summed E-state index contributed by atoms with van der Waals surface area (Å²) in [6.45, 7) is 2.57. The lowest BCUT2D eigenvalue weighted by Gasteiger charge is -2.24. The van der Waals surface area contributed by atoms with Crippen molar-refractivity contribution in [3.63, 3.8) is 0 Å². The van der Waals surface area contributed by atoms with Crippen LogP contribution in [0.5, 0.6) is 11.5 Å². The van der Waals surface area contributed by atoms with Crippen molar-refractivity contribution >= 4 is 24.3 Å². The number of ether oxygens (including phenoxy) is 2. The number of hydrogen-bond acceptors (Lipinski definition) is 7. The summed E-state index contributed by atoms with van der Waals surface area (Å²) >= 11 is 0. The summed E-state index contributed by atoms with van der Waals surface area (Å²) in [5.74, 6) is 2.00. The van der Waals surface area contributed by atoms with E-state index in [0.717, 1.165) is 29.7 Å². The molecule has 1 aliphatic heterocycles. The molecule has 26 heavy (non-hydrogen) atoms. The molecule has 1 saturated heterocycles. The molecule has 0 bridgehead atoms. The summed E-state index contributed by atoms with van der Waals surface area (Å²) in [7, 11) is -0.891. The minimum absolute atomic E-state index is 0.212. The summed E-state index contributed by atoms with van der Waals surface area (Å²) in [6, 6.07) is 3.68. The molecule has 0 aliphatic carbocycles. The highest BCUT2D eigenvalue weighted by Crippen LogP contribution is 2.36. The Balaban J connectivity index is 1.89. The fourth-order valence-electron chi connectivity index (χ4n) is 3.21. The lowest BCUT2D eigenvalue weighted by Crippen LogP contribution is -2.31. The highest BCUT2D eigenvalue weighted by Gasteiger charge is 2.23.